The first-order valence-corrected chi connectivity index (χ1v) is 11.1. The first-order chi connectivity index (χ1) is 13.5. The monoisotopic (exact) mass is 398 g/mol. The highest BCUT2D eigenvalue weighted by molar-refractivity contribution is 7.13. The van der Waals surface area contributed by atoms with Crippen LogP contribution in [0.5, 0.6) is 0 Å². The third kappa shape index (κ3) is 3.94. The number of piperazine rings is 1. The van der Waals surface area contributed by atoms with Crippen LogP contribution in [0.25, 0.3) is 0 Å². The summed E-state index contributed by atoms with van der Waals surface area (Å²) in [6, 6.07) is 9.13. The number of hydrogen-bond donors (Lipinski definition) is 0. The van der Waals surface area contributed by atoms with E-state index in [2.05, 4.69) is 50.9 Å². The summed E-state index contributed by atoms with van der Waals surface area (Å²) in [5.74, 6) is 0.173. The first-order valence-electron chi connectivity index (χ1n) is 10.3. The van der Waals surface area contributed by atoms with Crippen molar-refractivity contribution in [1.82, 2.24) is 14.8 Å². The molecule has 0 spiro atoms. The summed E-state index contributed by atoms with van der Waals surface area (Å²) in [4.78, 5) is 25.4. The van der Waals surface area contributed by atoms with E-state index in [4.69, 9.17) is 0 Å². The average molecular weight is 399 g/mol. The van der Waals surface area contributed by atoms with Crippen molar-refractivity contribution in [3.05, 3.63) is 45.4 Å². The van der Waals surface area contributed by atoms with Crippen LogP contribution in [-0.2, 0) is 0 Å². The van der Waals surface area contributed by atoms with Crippen LogP contribution in [0.4, 0.5) is 5.69 Å². The summed E-state index contributed by atoms with van der Waals surface area (Å²) < 4.78 is 0. The summed E-state index contributed by atoms with van der Waals surface area (Å²) in [7, 11) is 0. The zero-order valence-electron chi connectivity index (χ0n) is 17.1. The highest BCUT2D eigenvalue weighted by Gasteiger charge is 2.31. The molecule has 150 valence electrons. The van der Waals surface area contributed by atoms with Crippen LogP contribution in [0.15, 0.2) is 24.3 Å². The highest BCUT2D eigenvalue weighted by Crippen LogP contribution is 2.25. The number of hydrogen-bond acceptors (Lipinski definition) is 5. The summed E-state index contributed by atoms with van der Waals surface area (Å²) >= 11 is 1.53. The molecule has 2 saturated heterocycles. The lowest BCUT2D eigenvalue weighted by molar-refractivity contribution is 0.0567. The van der Waals surface area contributed by atoms with Gasteiger partial charge in [-0.2, -0.15) is 0 Å². The molecule has 0 unspecified atom stereocenters. The van der Waals surface area contributed by atoms with Crippen molar-refractivity contribution in [2.24, 2.45) is 0 Å². The van der Waals surface area contributed by atoms with E-state index >= 15 is 0 Å². The van der Waals surface area contributed by atoms with Gasteiger partial charge in [-0.1, -0.05) is 18.2 Å². The normalized spacial score (nSPS) is 21.2. The maximum atomic E-state index is 13.0. The van der Waals surface area contributed by atoms with Crippen LogP contribution in [0.3, 0.4) is 0 Å². The lowest BCUT2D eigenvalue weighted by Gasteiger charge is -2.44. The lowest BCUT2D eigenvalue weighted by atomic mass is 10.0. The van der Waals surface area contributed by atoms with Crippen LogP contribution in [0.2, 0.25) is 0 Å². The zero-order chi connectivity index (χ0) is 19.7. The van der Waals surface area contributed by atoms with E-state index in [1.807, 2.05) is 13.8 Å². The Bertz CT molecular complexity index is 841. The van der Waals surface area contributed by atoms with Crippen molar-refractivity contribution >= 4 is 22.9 Å². The molecule has 2 fully saturated rings. The fourth-order valence-corrected chi connectivity index (χ4v) is 5.44. The van der Waals surface area contributed by atoms with Crippen molar-refractivity contribution in [2.75, 3.05) is 44.2 Å². The Morgan fingerprint density at radius 3 is 2.50 bits per heavy atom. The molecule has 2 aromatic rings. The van der Waals surface area contributed by atoms with Gasteiger partial charge >= 0.3 is 0 Å². The van der Waals surface area contributed by atoms with Crippen molar-refractivity contribution < 1.29 is 4.79 Å². The zero-order valence-corrected chi connectivity index (χ0v) is 18.0. The number of carbonyl (C=O) groups excluding carboxylic acids is 1. The van der Waals surface area contributed by atoms with E-state index in [1.165, 1.54) is 29.0 Å². The molecular weight excluding hydrogens is 368 g/mol. The van der Waals surface area contributed by atoms with Gasteiger partial charge in [-0.3, -0.25) is 9.69 Å². The second kappa shape index (κ2) is 8.21. The Balaban J connectivity index is 1.37. The van der Waals surface area contributed by atoms with Crippen molar-refractivity contribution in [3.8, 4) is 0 Å². The number of piperidine rings is 1. The number of para-hydroxylation sites is 1. The molecule has 0 aliphatic carbocycles. The van der Waals surface area contributed by atoms with Gasteiger partial charge in [0.05, 0.1) is 10.7 Å². The summed E-state index contributed by atoms with van der Waals surface area (Å²) in [5.41, 5.74) is 3.58. The van der Waals surface area contributed by atoms with Crippen molar-refractivity contribution in [1.29, 1.82) is 0 Å². The number of aromatic nitrogens is 1. The number of aryl methyl sites for hydroxylation is 3. The van der Waals surface area contributed by atoms with Crippen LogP contribution in [0, 0.1) is 20.8 Å². The fourth-order valence-electron chi connectivity index (χ4n) is 4.56. The van der Waals surface area contributed by atoms with E-state index in [0.717, 1.165) is 61.3 Å². The molecule has 1 aromatic carbocycles. The first kappa shape index (κ1) is 19.4. The predicted octanol–water partition coefficient (Wildman–Crippen LogP) is 3.50. The van der Waals surface area contributed by atoms with Gasteiger partial charge in [-0.05, 0) is 45.2 Å². The minimum atomic E-state index is 0.173. The molecule has 0 N–H and O–H groups in total. The molecule has 0 saturated carbocycles. The molecule has 5 nitrogen and oxygen atoms in total. The smallest absolute Gasteiger partial charge is 0.265 e. The standard InChI is InChI=1S/C22H30N4OS/c1-16-7-4-5-9-20(16)25-13-11-24(12-14-25)19-8-6-10-26(15-19)22(27)21-17(2)23-18(3)28-21/h4-5,7,9,19H,6,8,10-15H2,1-3H3/t19-/m1/s1. The average Bonchev–Trinajstić information content (AvgIpc) is 3.06. The molecule has 1 atom stereocenters. The minimum Gasteiger partial charge on any atom is -0.369 e. The number of rotatable bonds is 3. The summed E-state index contributed by atoms with van der Waals surface area (Å²) in [6.07, 6.45) is 2.28. The molecule has 0 radical (unpaired) electrons. The van der Waals surface area contributed by atoms with E-state index in [1.54, 1.807) is 0 Å². The van der Waals surface area contributed by atoms with Gasteiger partial charge in [0.25, 0.3) is 5.91 Å². The van der Waals surface area contributed by atoms with Gasteiger partial charge in [0.15, 0.2) is 0 Å². The van der Waals surface area contributed by atoms with Gasteiger partial charge in [0.1, 0.15) is 4.88 Å². The van der Waals surface area contributed by atoms with E-state index in [9.17, 15) is 4.79 Å². The van der Waals surface area contributed by atoms with Crippen molar-refractivity contribution in [2.45, 2.75) is 39.7 Å². The molecule has 3 heterocycles. The lowest BCUT2D eigenvalue weighted by Crippen LogP contribution is -2.56. The van der Waals surface area contributed by atoms with Crippen LogP contribution in [-0.4, -0.2) is 66.0 Å². The highest BCUT2D eigenvalue weighted by atomic mass is 32.1. The second-order valence-electron chi connectivity index (χ2n) is 8.00. The Labute approximate surface area is 172 Å². The predicted molar refractivity (Wildman–Crippen MR) is 115 cm³/mol. The van der Waals surface area contributed by atoms with E-state index in [0.29, 0.717) is 6.04 Å². The summed E-state index contributed by atoms with van der Waals surface area (Å²) in [6.45, 7) is 12.1. The third-order valence-corrected chi connectivity index (χ3v) is 7.13. The largest absolute Gasteiger partial charge is 0.369 e. The number of anilines is 1. The van der Waals surface area contributed by atoms with Gasteiger partial charge in [-0.25, -0.2) is 4.98 Å². The number of benzene rings is 1. The van der Waals surface area contributed by atoms with Crippen molar-refractivity contribution in [3.63, 3.8) is 0 Å². The third-order valence-electron chi connectivity index (χ3n) is 6.07. The van der Waals surface area contributed by atoms with E-state index in [-0.39, 0.29) is 5.91 Å². The number of carbonyl (C=O) groups is 1. The second-order valence-corrected chi connectivity index (χ2v) is 9.21. The molecule has 2 aliphatic rings. The summed E-state index contributed by atoms with van der Waals surface area (Å²) in [5, 5.41) is 0.974. The van der Waals surface area contributed by atoms with Gasteiger partial charge in [-0.15, -0.1) is 11.3 Å². The molecule has 2 aliphatic heterocycles. The molecular formula is C22H30N4OS. The van der Waals surface area contributed by atoms with Crippen LogP contribution in [0.1, 0.15) is 38.8 Å². The van der Waals surface area contributed by atoms with Crippen LogP contribution >= 0.6 is 11.3 Å². The Kier molecular flexibility index (Phi) is 5.69. The van der Waals surface area contributed by atoms with Gasteiger partial charge in [0.2, 0.25) is 0 Å². The number of nitrogens with zero attached hydrogens (tertiary/aromatic N) is 4. The Hall–Kier alpha value is -1.92. The van der Waals surface area contributed by atoms with Gasteiger partial charge in [0, 0.05) is 51.0 Å². The van der Waals surface area contributed by atoms with Gasteiger partial charge < -0.3 is 9.80 Å². The Morgan fingerprint density at radius 2 is 1.82 bits per heavy atom. The fraction of sp³-hybridized carbons (Fsp3) is 0.545. The molecule has 0 bridgehead atoms. The maximum Gasteiger partial charge on any atom is 0.265 e. The van der Waals surface area contributed by atoms with E-state index < -0.39 is 0 Å². The molecule has 1 amide bonds. The SMILES string of the molecule is Cc1nc(C)c(C(=O)N2CCC[C@@H](N3CCN(c4ccccc4C)CC3)C2)s1. The topological polar surface area (TPSA) is 39.7 Å². The maximum absolute atomic E-state index is 13.0. The van der Waals surface area contributed by atoms with Crippen LogP contribution < -0.4 is 4.90 Å². The minimum absolute atomic E-state index is 0.173. The molecule has 28 heavy (non-hydrogen) atoms. The number of thiazole rings is 1. The number of amides is 1. The quantitative estimate of drug-likeness (QED) is 0.793. The Morgan fingerprint density at radius 1 is 1.07 bits per heavy atom. The molecule has 6 heteroatoms. The number of likely N-dealkylation sites (tertiary alicyclic amines) is 1. The molecule has 1 aromatic heterocycles. The molecule has 4 rings (SSSR count).